The minimum atomic E-state index is 1.14. The van der Waals surface area contributed by atoms with Crippen LogP contribution in [0.15, 0.2) is 12.1 Å². The van der Waals surface area contributed by atoms with Crippen LogP contribution >= 0.6 is 0 Å². The molecule has 1 rings (SSSR count). The normalized spacial score (nSPS) is 11.5. The zero-order valence-electron chi connectivity index (χ0n) is 30.6. The number of pyridine rings is 1. The average molecular weight is 611 g/mol. The lowest BCUT2D eigenvalue weighted by Gasteiger charge is -2.06. The molecule has 0 N–H and O–H groups in total. The summed E-state index contributed by atoms with van der Waals surface area (Å²) in [5.74, 6) is 0. The topological polar surface area (TPSA) is 12.9 Å². The van der Waals surface area contributed by atoms with Crippen molar-refractivity contribution in [1.82, 2.24) is 4.98 Å². The van der Waals surface area contributed by atoms with Crippen molar-refractivity contribution in [3.8, 4) is 0 Å². The fraction of sp³-hybridized carbons (Fsp3) is 0.884. The van der Waals surface area contributed by atoms with Crippen molar-refractivity contribution in [3.05, 3.63) is 29.6 Å². The van der Waals surface area contributed by atoms with Crippen molar-refractivity contribution in [1.29, 1.82) is 0 Å². The molecule has 0 aromatic carbocycles. The van der Waals surface area contributed by atoms with E-state index in [0.29, 0.717) is 0 Å². The quantitative estimate of drug-likeness (QED) is 0.0689. The van der Waals surface area contributed by atoms with Crippen LogP contribution in [0.1, 0.15) is 244 Å². The van der Waals surface area contributed by atoms with Crippen molar-refractivity contribution in [2.24, 2.45) is 0 Å². The highest BCUT2D eigenvalue weighted by Gasteiger charge is 2.01. The van der Waals surface area contributed by atoms with Gasteiger partial charge in [0, 0.05) is 11.4 Å². The molecular weight excluding hydrogens is 530 g/mol. The van der Waals surface area contributed by atoms with Crippen LogP contribution in [0, 0.1) is 6.07 Å². The van der Waals surface area contributed by atoms with Crippen LogP contribution in [0.4, 0.5) is 0 Å². The highest BCUT2D eigenvalue weighted by atomic mass is 14.7. The number of nitrogens with zero attached hydrogens (tertiary/aromatic N) is 1. The molecule has 44 heavy (non-hydrogen) atoms. The Hall–Kier alpha value is -0.850. The van der Waals surface area contributed by atoms with Gasteiger partial charge in [-0.25, -0.2) is 0 Å². The summed E-state index contributed by atoms with van der Waals surface area (Å²) >= 11 is 0. The molecule has 257 valence electrons. The van der Waals surface area contributed by atoms with Gasteiger partial charge in [-0.3, -0.25) is 4.98 Å². The highest BCUT2D eigenvalue weighted by molar-refractivity contribution is 5.10. The smallest absolute Gasteiger partial charge is 0.0413 e. The molecule has 0 amide bonds. The van der Waals surface area contributed by atoms with E-state index in [1.165, 1.54) is 230 Å². The SMILES string of the molecule is CCCCCCCCCCCCCCCCCCCc1c[c]cc(CCCCCCCCCCCCCCCCCCC)n1. The van der Waals surface area contributed by atoms with Crippen molar-refractivity contribution in [2.45, 2.75) is 245 Å². The summed E-state index contributed by atoms with van der Waals surface area (Å²) in [7, 11) is 0. The first-order valence-corrected chi connectivity index (χ1v) is 20.7. The summed E-state index contributed by atoms with van der Waals surface area (Å²) in [6.07, 6.45) is 51.1. The van der Waals surface area contributed by atoms with E-state index in [1.807, 2.05) is 0 Å². The summed E-state index contributed by atoms with van der Waals surface area (Å²) in [5.41, 5.74) is 2.55. The second-order valence-corrected chi connectivity index (χ2v) is 14.4. The molecule has 1 nitrogen and oxygen atoms in total. The molecule has 0 unspecified atom stereocenters. The molecule has 0 aliphatic carbocycles. The van der Waals surface area contributed by atoms with Gasteiger partial charge in [0.05, 0.1) is 0 Å². The van der Waals surface area contributed by atoms with E-state index >= 15 is 0 Å². The second kappa shape index (κ2) is 35.0. The van der Waals surface area contributed by atoms with Gasteiger partial charge >= 0.3 is 0 Å². The van der Waals surface area contributed by atoms with Crippen LogP contribution in [0.3, 0.4) is 0 Å². The van der Waals surface area contributed by atoms with Gasteiger partial charge in [0.15, 0.2) is 0 Å². The molecule has 0 saturated carbocycles. The van der Waals surface area contributed by atoms with E-state index in [4.69, 9.17) is 4.98 Å². The Kier molecular flexibility index (Phi) is 32.8. The molecule has 1 aromatic rings. The molecule has 0 spiro atoms. The van der Waals surface area contributed by atoms with Gasteiger partial charge < -0.3 is 0 Å². The monoisotopic (exact) mass is 611 g/mol. The first kappa shape index (κ1) is 41.2. The van der Waals surface area contributed by atoms with Crippen molar-refractivity contribution >= 4 is 0 Å². The number of rotatable bonds is 36. The largest absolute Gasteiger partial charge is 0.258 e. The van der Waals surface area contributed by atoms with Gasteiger partial charge in [-0.2, -0.15) is 0 Å². The Morgan fingerprint density at radius 3 is 0.750 bits per heavy atom. The zero-order valence-corrected chi connectivity index (χ0v) is 30.6. The van der Waals surface area contributed by atoms with Gasteiger partial charge in [0.1, 0.15) is 0 Å². The van der Waals surface area contributed by atoms with E-state index in [-0.39, 0.29) is 0 Å². The molecular formula is C43H80N. The number of hydrogen-bond donors (Lipinski definition) is 0. The van der Waals surface area contributed by atoms with Crippen molar-refractivity contribution in [2.75, 3.05) is 0 Å². The van der Waals surface area contributed by atoms with Crippen LogP contribution < -0.4 is 0 Å². The number of hydrogen-bond acceptors (Lipinski definition) is 1. The Balaban J connectivity index is 1.83. The van der Waals surface area contributed by atoms with Gasteiger partial charge in [0.25, 0.3) is 0 Å². The van der Waals surface area contributed by atoms with Crippen LogP contribution in [0.25, 0.3) is 0 Å². The third kappa shape index (κ3) is 29.8. The van der Waals surface area contributed by atoms with Crippen LogP contribution in [0.5, 0.6) is 0 Å². The maximum Gasteiger partial charge on any atom is 0.0413 e. The molecule has 1 heteroatoms. The number of unbranched alkanes of at least 4 members (excludes halogenated alkanes) is 32. The molecule has 0 saturated heterocycles. The van der Waals surface area contributed by atoms with E-state index in [2.05, 4.69) is 32.0 Å². The fourth-order valence-electron chi connectivity index (χ4n) is 6.80. The molecule has 0 fully saturated rings. The van der Waals surface area contributed by atoms with E-state index < -0.39 is 0 Å². The minimum Gasteiger partial charge on any atom is -0.258 e. The minimum absolute atomic E-state index is 1.14. The maximum absolute atomic E-state index is 4.96. The summed E-state index contributed by atoms with van der Waals surface area (Å²) in [6, 6.07) is 7.64. The Morgan fingerprint density at radius 1 is 0.318 bits per heavy atom. The predicted molar refractivity (Wildman–Crippen MR) is 199 cm³/mol. The number of aryl methyl sites for hydroxylation is 2. The second-order valence-electron chi connectivity index (χ2n) is 14.4. The summed E-state index contributed by atoms with van der Waals surface area (Å²) in [5, 5.41) is 0. The van der Waals surface area contributed by atoms with Gasteiger partial charge in [-0.05, 0) is 43.9 Å². The number of aromatic nitrogens is 1. The molecule has 0 aliphatic rings. The molecule has 1 aromatic heterocycles. The Bertz CT molecular complexity index is 613. The van der Waals surface area contributed by atoms with Crippen molar-refractivity contribution in [3.63, 3.8) is 0 Å². The predicted octanol–water partition coefficient (Wildman–Crippen LogP) is 15.3. The first-order chi connectivity index (χ1) is 21.9. The lowest BCUT2D eigenvalue weighted by atomic mass is 10.0. The van der Waals surface area contributed by atoms with E-state index in [9.17, 15) is 0 Å². The molecule has 0 atom stereocenters. The molecule has 1 heterocycles. The highest BCUT2D eigenvalue weighted by Crippen LogP contribution is 2.17. The maximum atomic E-state index is 4.96. The summed E-state index contributed by atoms with van der Waals surface area (Å²) in [6.45, 7) is 4.61. The van der Waals surface area contributed by atoms with Crippen LogP contribution in [0.2, 0.25) is 0 Å². The zero-order chi connectivity index (χ0) is 31.4. The van der Waals surface area contributed by atoms with Crippen LogP contribution in [-0.2, 0) is 12.8 Å². The van der Waals surface area contributed by atoms with Crippen LogP contribution in [-0.4, -0.2) is 4.98 Å². The first-order valence-electron chi connectivity index (χ1n) is 20.7. The van der Waals surface area contributed by atoms with E-state index in [1.54, 1.807) is 0 Å². The van der Waals surface area contributed by atoms with Crippen molar-refractivity contribution < 1.29 is 0 Å². The third-order valence-electron chi connectivity index (χ3n) is 9.86. The van der Waals surface area contributed by atoms with E-state index in [0.717, 1.165) is 12.8 Å². The fourth-order valence-corrected chi connectivity index (χ4v) is 6.80. The van der Waals surface area contributed by atoms with Gasteiger partial charge in [-0.1, -0.05) is 219 Å². The molecule has 1 radical (unpaired) electrons. The molecule has 0 aliphatic heterocycles. The Morgan fingerprint density at radius 2 is 0.523 bits per heavy atom. The third-order valence-corrected chi connectivity index (χ3v) is 9.86. The van der Waals surface area contributed by atoms with Gasteiger partial charge in [0.2, 0.25) is 0 Å². The summed E-state index contributed by atoms with van der Waals surface area (Å²) < 4.78 is 0. The molecule has 0 bridgehead atoms. The lowest BCUT2D eigenvalue weighted by Crippen LogP contribution is -1.96. The van der Waals surface area contributed by atoms with Gasteiger partial charge in [-0.15, -0.1) is 0 Å². The standard InChI is InChI=1S/C43H80N/c1-3-5-7-9-11-13-15-17-19-21-23-25-27-29-31-33-35-38-42-40-37-41-43(44-42)39-36-34-32-30-28-26-24-22-20-18-16-14-12-10-8-6-4-2/h40-41H,3-36,38-39H2,1-2H3. The lowest BCUT2D eigenvalue weighted by molar-refractivity contribution is 0.526. The Labute approximate surface area is 279 Å². The average Bonchev–Trinajstić information content (AvgIpc) is 3.04. The summed E-state index contributed by atoms with van der Waals surface area (Å²) in [4.78, 5) is 4.96.